The second-order valence-electron chi connectivity index (χ2n) is 6.11. The second-order valence-corrected chi connectivity index (χ2v) is 6.11. The third kappa shape index (κ3) is 2.40. The van der Waals surface area contributed by atoms with E-state index in [2.05, 4.69) is 10.9 Å². The fraction of sp³-hybridized carbons (Fsp3) is 0.0952. The molecule has 0 saturated heterocycles. The molecule has 0 saturated carbocycles. The van der Waals surface area contributed by atoms with Crippen LogP contribution in [-0.4, -0.2) is 21.2 Å². The number of hydrogen-bond acceptors (Lipinski definition) is 3. The van der Waals surface area contributed by atoms with Gasteiger partial charge in [0.05, 0.1) is 23.1 Å². The molecule has 0 spiro atoms. The van der Waals surface area contributed by atoms with E-state index < -0.39 is 5.91 Å². The van der Waals surface area contributed by atoms with Crippen LogP contribution < -0.4 is 5.73 Å². The Bertz CT molecular complexity index is 1090. The van der Waals surface area contributed by atoms with Gasteiger partial charge in [0.15, 0.2) is 5.69 Å². The van der Waals surface area contributed by atoms with Gasteiger partial charge < -0.3 is 5.73 Å². The van der Waals surface area contributed by atoms with Crippen molar-refractivity contribution in [2.24, 2.45) is 10.7 Å². The molecule has 26 heavy (non-hydrogen) atoms. The Hall–Kier alpha value is -3.65. The Balaban J connectivity index is 2.06. The zero-order valence-electron chi connectivity index (χ0n) is 14.2. The topological polar surface area (TPSA) is 73.3 Å². The maximum Gasteiger partial charge on any atom is 0.269 e. The second kappa shape index (κ2) is 6.01. The first-order chi connectivity index (χ1) is 12.6. The molecule has 2 aromatic carbocycles. The molecule has 1 aliphatic rings. The molecular weight excluding hydrogens is 324 g/mol. The number of aromatic nitrogens is 2. The zero-order valence-corrected chi connectivity index (χ0v) is 14.2. The van der Waals surface area contributed by atoms with Gasteiger partial charge in [-0.05, 0) is 25.1 Å². The average Bonchev–Trinajstić information content (AvgIpc) is 3.07. The Morgan fingerprint density at radius 2 is 2.00 bits per heavy atom. The number of amides is 1. The number of nitrogens with two attached hydrogens (primary N) is 1. The van der Waals surface area contributed by atoms with E-state index in [0.717, 1.165) is 28.1 Å². The molecule has 2 N–H and O–H groups in total. The number of carbonyl (C=O) groups excluding carboxylic acids is 1. The lowest BCUT2D eigenvalue weighted by molar-refractivity contribution is 0.0994. The molecule has 4 rings (SSSR count). The minimum atomic E-state index is -0.564. The minimum Gasteiger partial charge on any atom is -0.364 e. The van der Waals surface area contributed by atoms with Crippen LogP contribution in [0, 0.1) is 12.3 Å². The summed E-state index contributed by atoms with van der Waals surface area (Å²) in [6, 6.07) is 15.3. The molecule has 2 heterocycles. The lowest BCUT2D eigenvalue weighted by atomic mass is 9.98. The molecule has 126 valence electrons. The van der Waals surface area contributed by atoms with Crippen LogP contribution in [0.15, 0.2) is 59.9 Å². The highest BCUT2D eigenvalue weighted by Crippen LogP contribution is 2.32. The standard InChI is InChI=1S/C21H16N4O/c1-3-14-9-10-17-16(11-14)18(15-7-5-4-6-8-15)24-13(2)20-19(21(22)26)23-12-25(17)20/h1,4-13H,2H3,(H2,22,26). The van der Waals surface area contributed by atoms with Crippen molar-refractivity contribution < 1.29 is 4.79 Å². The van der Waals surface area contributed by atoms with Gasteiger partial charge in [0.2, 0.25) is 0 Å². The number of aliphatic imine (C=N–C) groups is 1. The molecule has 3 aromatic rings. The summed E-state index contributed by atoms with van der Waals surface area (Å²) < 4.78 is 1.87. The van der Waals surface area contributed by atoms with Crippen molar-refractivity contribution in [2.75, 3.05) is 0 Å². The molecule has 0 aliphatic carbocycles. The highest BCUT2D eigenvalue weighted by Gasteiger charge is 2.27. The summed E-state index contributed by atoms with van der Waals surface area (Å²) in [6.45, 7) is 1.93. The smallest absolute Gasteiger partial charge is 0.269 e. The van der Waals surface area contributed by atoms with Crippen LogP contribution in [-0.2, 0) is 0 Å². The average molecular weight is 340 g/mol. The molecule has 1 unspecified atom stereocenters. The fourth-order valence-electron chi connectivity index (χ4n) is 3.31. The summed E-state index contributed by atoms with van der Waals surface area (Å²) in [7, 11) is 0. The van der Waals surface area contributed by atoms with Crippen LogP contribution in [0.3, 0.4) is 0 Å². The van der Waals surface area contributed by atoms with E-state index in [1.165, 1.54) is 0 Å². The fourth-order valence-corrected chi connectivity index (χ4v) is 3.31. The van der Waals surface area contributed by atoms with Gasteiger partial charge in [0.1, 0.15) is 6.33 Å². The zero-order chi connectivity index (χ0) is 18.3. The minimum absolute atomic E-state index is 0.238. The molecule has 0 bridgehead atoms. The first-order valence-corrected chi connectivity index (χ1v) is 8.22. The molecule has 1 aromatic heterocycles. The van der Waals surface area contributed by atoms with Gasteiger partial charge >= 0.3 is 0 Å². The maximum absolute atomic E-state index is 11.8. The molecule has 0 radical (unpaired) electrons. The van der Waals surface area contributed by atoms with Crippen molar-refractivity contribution in [3.05, 3.63) is 82.9 Å². The van der Waals surface area contributed by atoms with Gasteiger partial charge in [-0.2, -0.15) is 0 Å². The van der Waals surface area contributed by atoms with E-state index in [9.17, 15) is 4.79 Å². The SMILES string of the molecule is C#Cc1ccc2c(c1)C(c1ccccc1)=NC(C)c1c(C(N)=O)ncn1-2. The van der Waals surface area contributed by atoms with Crippen molar-refractivity contribution in [3.8, 4) is 18.0 Å². The number of terminal acetylenes is 1. The molecule has 5 heteroatoms. The summed E-state index contributed by atoms with van der Waals surface area (Å²) in [5.41, 5.74) is 10.8. The number of fused-ring (bicyclic) bond motifs is 3. The molecule has 0 fully saturated rings. The van der Waals surface area contributed by atoms with Crippen LogP contribution in [0.25, 0.3) is 5.69 Å². The van der Waals surface area contributed by atoms with Crippen molar-refractivity contribution in [2.45, 2.75) is 13.0 Å². The number of benzene rings is 2. The van der Waals surface area contributed by atoms with Gasteiger partial charge in [-0.1, -0.05) is 36.3 Å². The highest BCUT2D eigenvalue weighted by molar-refractivity contribution is 6.15. The molecule has 1 amide bonds. The summed E-state index contributed by atoms with van der Waals surface area (Å²) >= 11 is 0. The van der Waals surface area contributed by atoms with Crippen LogP contribution in [0.2, 0.25) is 0 Å². The van der Waals surface area contributed by atoms with E-state index >= 15 is 0 Å². The van der Waals surface area contributed by atoms with E-state index in [-0.39, 0.29) is 11.7 Å². The summed E-state index contributed by atoms with van der Waals surface area (Å²) in [5.74, 6) is 2.11. The van der Waals surface area contributed by atoms with Crippen molar-refractivity contribution in [1.29, 1.82) is 0 Å². The first-order valence-electron chi connectivity index (χ1n) is 8.22. The number of primary amides is 1. The van der Waals surface area contributed by atoms with E-state index in [1.54, 1.807) is 6.33 Å². The summed E-state index contributed by atoms with van der Waals surface area (Å²) in [5, 5.41) is 0. The Labute approximate surface area is 151 Å². The number of carbonyl (C=O) groups is 1. The van der Waals surface area contributed by atoms with Gasteiger partial charge in [0.25, 0.3) is 5.91 Å². The van der Waals surface area contributed by atoms with E-state index in [4.69, 9.17) is 17.1 Å². The number of rotatable bonds is 2. The van der Waals surface area contributed by atoms with Crippen molar-refractivity contribution in [3.63, 3.8) is 0 Å². The molecule has 1 aliphatic heterocycles. The molecule has 1 atom stereocenters. The number of imidazole rings is 1. The van der Waals surface area contributed by atoms with Gasteiger partial charge in [-0.3, -0.25) is 14.4 Å². The summed E-state index contributed by atoms with van der Waals surface area (Å²) in [6.07, 6.45) is 7.22. The normalized spacial score (nSPS) is 15.2. The van der Waals surface area contributed by atoms with Crippen LogP contribution in [0.1, 0.15) is 45.8 Å². The number of hydrogen-bond donors (Lipinski definition) is 1. The van der Waals surface area contributed by atoms with Crippen LogP contribution >= 0.6 is 0 Å². The van der Waals surface area contributed by atoms with Gasteiger partial charge in [-0.25, -0.2) is 4.98 Å². The van der Waals surface area contributed by atoms with Crippen molar-refractivity contribution in [1.82, 2.24) is 9.55 Å². The molecular formula is C21H16N4O. The Morgan fingerprint density at radius 1 is 1.23 bits per heavy atom. The first kappa shape index (κ1) is 15.9. The predicted molar refractivity (Wildman–Crippen MR) is 101 cm³/mol. The predicted octanol–water partition coefficient (Wildman–Crippen LogP) is 2.86. The third-order valence-electron chi connectivity index (χ3n) is 4.48. The monoisotopic (exact) mass is 340 g/mol. The third-order valence-corrected chi connectivity index (χ3v) is 4.48. The van der Waals surface area contributed by atoms with Crippen LogP contribution in [0.4, 0.5) is 0 Å². The summed E-state index contributed by atoms with van der Waals surface area (Å²) in [4.78, 5) is 20.9. The van der Waals surface area contributed by atoms with E-state index in [1.807, 2.05) is 60.0 Å². The van der Waals surface area contributed by atoms with Crippen molar-refractivity contribution >= 4 is 11.6 Å². The van der Waals surface area contributed by atoms with Gasteiger partial charge in [0, 0.05) is 16.7 Å². The van der Waals surface area contributed by atoms with E-state index in [0.29, 0.717) is 5.69 Å². The Kier molecular flexibility index (Phi) is 3.67. The molecule has 5 nitrogen and oxygen atoms in total. The highest BCUT2D eigenvalue weighted by atomic mass is 16.1. The van der Waals surface area contributed by atoms with Gasteiger partial charge in [-0.15, -0.1) is 6.42 Å². The maximum atomic E-state index is 11.8. The Morgan fingerprint density at radius 3 is 2.69 bits per heavy atom. The number of nitrogens with zero attached hydrogens (tertiary/aromatic N) is 3. The largest absolute Gasteiger partial charge is 0.364 e. The lowest BCUT2D eigenvalue weighted by Crippen LogP contribution is -2.15. The van der Waals surface area contributed by atoms with Crippen LogP contribution in [0.5, 0.6) is 0 Å². The quantitative estimate of drug-likeness (QED) is 0.729. The lowest BCUT2D eigenvalue weighted by Gasteiger charge is -2.12.